The maximum absolute atomic E-state index is 12.2. The van der Waals surface area contributed by atoms with Crippen molar-refractivity contribution >= 4 is 33.5 Å². The molecule has 5 heteroatoms. The van der Waals surface area contributed by atoms with Gasteiger partial charge in [0.1, 0.15) is 17.9 Å². The van der Waals surface area contributed by atoms with E-state index in [2.05, 4.69) is 5.32 Å². The van der Waals surface area contributed by atoms with E-state index in [1.165, 1.54) is 0 Å². The van der Waals surface area contributed by atoms with E-state index in [4.69, 9.17) is 9.15 Å². The molecule has 4 rings (SSSR count). The molecule has 0 aliphatic carbocycles. The molecule has 26 heavy (non-hydrogen) atoms. The van der Waals surface area contributed by atoms with Crippen molar-refractivity contribution in [1.29, 1.82) is 0 Å². The molecule has 0 fully saturated rings. The molecule has 0 spiro atoms. The number of amides is 1. The van der Waals surface area contributed by atoms with Crippen LogP contribution in [0.25, 0.3) is 21.7 Å². The third kappa shape index (κ3) is 3.15. The molecule has 0 atom stereocenters. The van der Waals surface area contributed by atoms with Gasteiger partial charge in [-0.25, -0.2) is 9.59 Å². The van der Waals surface area contributed by atoms with Gasteiger partial charge in [0.15, 0.2) is 0 Å². The maximum Gasteiger partial charge on any atom is 0.412 e. The highest BCUT2D eigenvalue weighted by atomic mass is 16.5. The van der Waals surface area contributed by atoms with E-state index in [0.717, 1.165) is 21.7 Å². The first-order valence-electron chi connectivity index (χ1n) is 8.14. The Balaban J connectivity index is 1.58. The monoisotopic (exact) mass is 345 g/mol. The van der Waals surface area contributed by atoms with Crippen LogP contribution in [0, 0.1) is 0 Å². The van der Waals surface area contributed by atoms with E-state index in [1.54, 1.807) is 6.07 Å². The van der Waals surface area contributed by atoms with Crippen molar-refractivity contribution in [1.82, 2.24) is 0 Å². The SMILES string of the molecule is O=C(Nc1cc2ccc3ccccc3c2oc1=O)OCc1ccccc1. The summed E-state index contributed by atoms with van der Waals surface area (Å²) in [6, 6.07) is 22.3. The number of nitrogens with one attached hydrogen (secondary N) is 1. The number of benzene rings is 3. The summed E-state index contributed by atoms with van der Waals surface area (Å²) in [5, 5.41) is 5.00. The van der Waals surface area contributed by atoms with Crippen molar-refractivity contribution in [3.05, 3.63) is 88.8 Å². The fourth-order valence-corrected chi connectivity index (χ4v) is 2.81. The maximum atomic E-state index is 12.2. The lowest BCUT2D eigenvalue weighted by atomic mass is 10.1. The molecular formula is C21H15NO4. The summed E-state index contributed by atoms with van der Waals surface area (Å²) in [5.74, 6) is 0. The van der Waals surface area contributed by atoms with Gasteiger partial charge in [0, 0.05) is 10.8 Å². The fraction of sp³-hybridized carbons (Fsp3) is 0.0476. The zero-order chi connectivity index (χ0) is 17.9. The van der Waals surface area contributed by atoms with Crippen LogP contribution in [0.1, 0.15) is 5.56 Å². The Morgan fingerprint density at radius 1 is 0.923 bits per heavy atom. The summed E-state index contributed by atoms with van der Waals surface area (Å²) in [5.41, 5.74) is 0.785. The summed E-state index contributed by atoms with van der Waals surface area (Å²) >= 11 is 0. The molecule has 1 heterocycles. The molecule has 3 aromatic carbocycles. The molecule has 1 aromatic heterocycles. The Morgan fingerprint density at radius 2 is 1.65 bits per heavy atom. The van der Waals surface area contributed by atoms with Crippen molar-refractivity contribution in [2.24, 2.45) is 0 Å². The van der Waals surface area contributed by atoms with Crippen LogP contribution in [0.5, 0.6) is 0 Å². The van der Waals surface area contributed by atoms with E-state index in [0.29, 0.717) is 5.58 Å². The van der Waals surface area contributed by atoms with E-state index in [-0.39, 0.29) is 12.3 Å². The molecule has 0 unspecified atom stereocenters. The van der Waals surface area contributed by atoms with Gasteiger partial charge in [-0.1, -0.05) is 66.7 Å². The summed E-state index contributed by atoms with van der Waals surface area (Å²) in [6.07, 6.45) is -0.707. The number of rotatable bonds is 3. The number of hydrogen-bond donors (Lipinski definition) is 1. The number of carbonyl (C=O) groups excluding carboxylic acids is 1. The normalized spacial score (nSPS) is 10.8. The number of fused-ring (bicyclic) bond motifs is 3. The first-order chi connectivity index (χ1) is 12.7. The van der Waals surface area contributed by atoms with Crippen molar-refractivity contribution in [3.63, 3.8) is 0 Å². The Kier molecular flexibility index (Phi) is 4.11. The molecule has 4 aromatic rings. The van der Waals surface area contributed by atoms with Crippen LogP contribution < -0.4 is 10.9 Å². The Hall–Kier alpha value is -3.60. The van der Waals surface area contributed by atoms with E-state index in [9.17, 15) is 9.59 Å². The molecule has 0 saturated carbocycles. The minimum Gasteiger partial charge on any atom is -0.444 e. The predicted molar refractivity (Wildman–Crippen MR) is 100 cm³/mol. The second kappa shape index (κ2) is 6.72. The van der Waals surface area contributed by atoms with Crippen molar-refractivity contribution in [3.8, 4) is 0 Å². The zero-order valence-corrected chi connectivity index (χ0v) is 13.8. The van der Waals surface area contributed by atoms with Crippen LogP contribution in [0.15, 0.2) is 82.0 Å². The molecule has 0 aliphatic rings. The van der Waals surface area contributed by atoms with Crippen molar-refractivity contribution < 1.29 is 13.9 Å². The molecule has 0 radical (unpaired) electrons. The molecule has 1 N–H and O–H groups in total. The number of hydrogen-bond acceptors (Lipinski definition) is 4. The van der Waals surface area contributed by atoms with Gasteiger partial charge in [0.05, 0.1) is 0 Å². The van der Waals surface area contributed by atoms with Gasteiger partial charge in [0.2, 0.25) is 0 Å². The number of anilines is 1. The number of carbonyl (C=O) groups is 1. The molecule has 5 nitrogen and oxygen atoms in total. The average Bonchev–Trinajstić information content (AvgIpc) is 2.68. The van der Waals surface area contributed by atoms with E-state index >= 15 is 0 Å². The lowest BCUT2D eigenvalue weighted by molar-refractivity contribution is 0.155. The fourth-order valence-electron chi connectivity index (χ4n) is 2.81. The number of ether oxygens (including phenoxy) is 1. The van der Waals surface area contributed by atoms with Crippen molar-refractivity contribution in [2.45, 2.75) is 6.61 Å². The topological polar surface area (TPSA) is 68.5 Å². The quantitative estimate of drug-likeness (QED) is 0.432. The van der Waals surface area contributed by atoms with Gasteiger partial charge in [0.25, 0.3) is 0 Å². The predicted octanol–water partition coefficient (Wildman–Crippen LogP) is 4.69. The highest BCUT2D eigenvalue weighted by Crippen LogP contribution is 2.25. The van der Waals surface area contributed by atoms with Crippen LogP contribution in [-0.2, 0) is 11.3 Å². The van der Waals surface area contributed by atoms with Crippen LogP contribution >= 0.6 is 0 Å². The lowest BCUT2D eigenvalue weighted by Crippen LogP contribution is -2.18. The Morgan fingerprint density at radius 3 is 2.50 bits per heavy atom. The summed E-state index contributed by atoms with van der Waals surface area (Å²) in [6.45, 7) is 0.121. The standard InChI is InChI=1S/C21H15NO4/c23-20-18(22-21(24)25-13-14-6-2-1-3-7-14)12-16-11-10-15-8-4-5-9-17(15)19(16)26-20/h1-12H,13H2,(H,22,24). The average molecular weight is 345 g/mol. The van der Waals surface area contributed by atoms with Crippen LogP contribution in [0.4, 0.5) is 10.5 Å². The zero-order valence-electron chi connectivity index (χ0n) is 13.8. The smallest absolute Gasteiger partial charge is 0.412 e. The van der Waals surface area contributed by atoms with Crippen LogP contribution in [0.2, 0.25) is 0 Å². The second-order valence-corrected chi connectivity index (χ2v) is 5.84. The first-order valence-corrected chi connectivity index (χ1v) is 8.14. The molecule has 0 saturated heterocycles. The van der Waals surface area contributed by atoms with Gasteiger partial charge in [-0.2, -0.15) is 0 Å². The van der Waals surface area contributed by atoms with Crippen LogP contribution in [-0.4, -0.2) is 6.09 Å². The minimum absolute atomic E-state index is 0.0471. The summed E-state index contributed by atoms with van der Waals surface area (Å²) in [4.78, 5) is 24.2. The van der Waals surface area contributed by atoms with Gasteiger partial charge in [-0.15, -0.1) is 0 Å². The molecule has 0 aliphatic heterocycles. The van der Waals surface area contributed by atoms with E-state index < -0.39 is 11.7 Å². The van der Waals surface area contributed by atoms with Gasteiger partial charge >= 0.3 is 11.7 Å². The third-order valence-corrected chi connectivity index (χ3v) is 4.07. The largest absolute Gasteiger partial charge is 0.444 e. The molecular weight excluding hydrogens is 330 g/mol. The first kappa shape index (κ1) is 15.9. The molecule has 1 amide bonds. The van der Waals surface area contributed by atoms with Gasteiger partial charge in [-0.3, -0.25) is 5.32 Å². The second-order valence-electron chi connectivity index (χ2n) is 5.84. The lowest BCUT2D eigenvalue weighted by Gasteiger charge is -2.08. The van der Waals surface area contributed by atoms with Gasteiger partial charge < -0.3 is 9.15 Å². The minimum atomic E-state index is -0.707. The van der Waals surface area contributed by atoms with Gasteiger partial charge in [-0.05, 0) is 17.0 Å². The summed E-state index contributed by atoms with van der Waals surface area (Å²) in [7, 11) is 0. The summed E-state index contributed by atoms with van der Waals surface area (Å²) < 4.78 is 10.6. The van der Waals surface area contributed by atoms with E-state index in [1.807, 2.05) is 66.7 Å². The molecule has 0 bridgehead atoms. The highest BCUT2D eigenvalue weighted by molar-refractivity contribution is 6.04. The third-order valence-electron chi connectivity index (χ3n) is 4.07. The van der Waals surface area contributed by atoms with Crippen LogP contribution in [0.3, 0.4) is 0 Å². The Labute approximate surface area is 148 Å². The van der Waals surface area contributed by atoms with Crippen molar-refractivity contribution in [2.75, 3.05) is 5.32 Å². The molecule has 128 valence electrons. The highest BCUT2D eigenvalue weighted by Gasteiger charge is 2.11. The Bertz CT molecular complexity index is 1150.